The highest BCUT2D eigenvalue weighted by atomic mass is 16.1. The van der Waals surface area contributed by atoms with Crippen LogP contribution in [-0.4, -0.2) is 17.8 Å². The lowest BCUT2D eigenvalue weighted by molar-refractivity contribution is -0.115. The summed E-state index contributed by atoms with van der Waals surface area (Å²) in [5.41, 5.74) is 5.60. The van der Waals surface area contributed by atoms with Gasteiger partial charge in [0.15, 0.2) is 0 Å². The van der Waals surface area contributed by atoms with Crippen LogP contribution < -0.4 is 5.73 Å². The largest absolute Gasteiger partial charge is 0.388 e. The molecule has 0 rings (SSSR count). The number of hydrogen-bond donors (Lipinski definition) is 1. The van der Waals surface area contributed by atoms with Gasteiger partial charge in [-0.15, -0.1) is 5.10 Å². The van der Waals surface area contributed by atoms with Crippen molar-refractivity contribution in [3.05, 3.63) is 0 Å². The molecule has 2 N–H and O–H groups in total. The minimum absolute atomic E-state index is 0.0773. The Morgan fingerprint density at radius 3 is 2.60 bits per heavy atom. The van der Waals surface area contributed by atoms with Crippen molar-refractivity contribution in [3.63, 3.8) is 0 Å². The second kappa shape index (κ2) is 4.67. The van der Waals surface area contributed by atoms with Gasteiger partial charge in [0.1, 0.15) is 12.1 Å². The van der Waals surface area contributed by atoms with Gasteiger partial charge in [-0.3, -0.25) is 4.79 Å². The Morgan fingerprint density at radius 1 is 1.60 bits per heavy atom. The van der Waals surface area contributed by atoms with Crippen LogP contribution in [0, 0.1) is 0 Å². The Morgan fingerprint density at radius 2 is 2.20 bits per heavy atom. The third kappa shape index (κ3) is 4.96. The van der Waals surface area contributed by atoms with E-state index in [2.05, 4.69) is 10.2 Å². The lowest BCUT2D eigenvalue weighted by atomic mass is 10.2. The molecule has 4 nitrogen and oxygen atoms in total. The molecule has 0 unspecified atom stereocenters. The van der Waals surface area contributed by atoms with Gasteiger partial charge in [-0.2, -0.15) is 5.10 Å². The van der Waals surface area contributed by atoms with E-state index in [1.54, 1.807) is 6.92 Å². The van der Waals surface area contributed by atoms with Crippen molar-refractivity contribution in [2.24, 2.45) is 15.9 Å². The van der Waals surface area contributed by atoms with Gasteiger partial charge in [-0.05, 0) is 13.8 Å². The number of nitrogens with two attached hydrogens (primary N) is 1. The molecule has 0 aromatic carbocycles. The highest BCUT2D eigenvalue weighted by molar-refractivity contribution is 5.99. The molecule has 0 aliphatic rings. The van der Waals surface area contributed by atoms with Gasteiger partial charge < -0.3 is 5.73 Å². The SMILES string of the molecule is CC(=O)C/C(C)=N/N=C/N. The Labute approximate surface area is 59.8 Å². The smallest absolute Gasteiger partial charge is 0.135 e. The molecule has 0 aromatic rings. The van der Waals surface area contributed by atoms with Crippen molar-refractivity contribution in [1.82, 2.24) is 0 Å². The normalized spacial score (nSPS) is 12.4. The van der Waals surface area contributed by atoms with Crippen LogP contribution in [0.1, 0.15) is 20.3 Å². The van der Waals surface area contributed by atoms with Gasteiger partial charge in [0.2, 0.25) is 0 Å². The highest BCUT2D eigenvalue weighted by Gasteiger charge is 1.94. The predicted molar refractivity (Wildman–Crippen MR) is 41.1 cm³/mol. The molecule has 0 atom stereocenters. The maximum atomic E-state index is 10.5. The number of rotatable bonds is 3. The molecule has 0 aliphatic carbocycles. The summed E-state index contributed by atoms with van der Waals surface area (Å²) in [5, 5.41) is 7.04. The zero-order valence-electron chi connectivity index (χ0n) is 6.16. The number of carbonyl (C=O) groups is 1. The molecule has 0 aromatic heterocycles. The number of Topliss-reactive ketones (excluding diaryl/α,β-unsaturated/α-hetero) is 1. The fraction of sp³-hybridized carbons (Fsp3) is 0.500. The quantitative estimate of drug-likeness (QED) is 0.349. The predicted octanol–water partition coefficient (Wildman–Crippen LogP) is 0.328. The molecule has 0 aliphatic heterocycles. The van der Waals surface area contributed by atoms with E-state index in [0.717, 1.165) is 6.34 Å². The maximum absolute atomic E-state index is 10.5. The summed E-state index contributed by atoms with van der Waals surface area (Å²) in [5.74, 6) is 0.0773. The Bertz CT molecular complexity index is 172. The molecular weight excluding hydrogens is 130 g/mol. The van der Waals surface area contributed by atoms with Gasteiger partial charge in [0.25, 0.3) is 0 Å². The molecule has 10 heavy (non-hydrogen) atoms. The molecule has 0 bridgehead atoms. The van der Waals surface area contributed by atoms with Crippen LogP contribution in [-0.2, 0) is 4.79 Å². The Balaban J connectivity index is 3.82. The number of ketones is 1. The van der Waals surface area contributed by atoms with Crippen LogP contribution in [0.3, 0.4) is 0 Å². The first-order valence-corrected chi connectivity index (χ1v) is 2.93. The maximum Gasteiger partial charge on any atom is 0.135 e. The highest BCUT2D eigenvalue weighted by Crippen LogP contribution is 1.87. The molecule has 0 radical (unpaired) electrons. The molecule has 0 heterocycles. The average Bonchev–Trinajstić information content (AvgIpc) is 1.82. The van der Waals surface area contributed by atoms with Crippen molar-refractivity contribution in [2.75, 3.05) is 0 Å². The van der Waals surface area contributed by atoms with E-state index >= 15 is 0 Å². The standard InChI is InChI=1S/C6H11N3O/c1-5(3-6(2)10)9-8-4-7/h4H,3H2,1-2H3,(H2,7,8)/b9-5+. The van der Waals surface area contributed by atoms with Crippen LogP contribution in [0.25, 0.3) is 0 Å². The fourth-order valence-electron chi connectivity index (χ4n) is 0.528. The van der Waals surface area contributed by atoms with Crippen molar-refractivity contribution in [3.8, 4) is 0 Å². The number of carbonyl (C=O) groups excluding carboxylic acids is 1. The molecule has 0 saturated heterocycles. The molecule has 0 amide bonds. The first-order chi connectivity index (χ1) is 4.66. The fourth-order valence-corrected chi connectivity index (χ4v) is 0.528. The van der Waals surface area contributed by atoms with E-state index in [0.29, 0.717) is 12.1 Å². The molecule has 0 saturated carbocycles. The minimum atomic E-state index is 0.0773. The molecule has 0 fully saturated rings. The summed E-state index contributed by atoms with van der Waals surface area (Å²) < 4.78 is 0. The van der Waals surface area contributed by atoms with Crippen LogP contribution >= 0.6 is 0 Å². The van der Waals surface area contributed by atoms with Crippen LogP contribution in [0.15, 0.2) is 10.2 Å². The van der Waals surface area contributed by atoms with E-state index in [1.165, 1.54) is 6.92 Å². The van der Waals surface area contributed by atoms with Crippen LogP contribution in [0.5, 0.6) is 0 Å². The monoisotopic (exact) mass is 141 g/mol. The summed E-state index contributed by atoms with van der Waals surface area (Å²) in [6.45, 7) is 3.24. The second-order valence-corrected chi connectivity index (χ2v) is 1.98. The van der Waals surface area contributed by atoms with E-state index < -0.39 is 0 Å². The van der Waals surface area contributed by atoms with Gasteiger partial charge in [-0.1, -0.05) is 0 Å². The first kappa shape index (κ1) is 8.81. The van der Waals surface area contributed by atoms with E-state index in [-0.39, 0.29) is 5.78 Å². The summed E-state index contributed by atoms with van der Waals surface area (Å²) in [6.07, 6.45) is 1.43. The summed E-state index contributed by atoms with van der Waals surface area (Å²) >= 11 is 0. The lowest BCUT2D eigenvalue weighted by Gasteiger charge is -1.89. The second-order valence-electron chi connectivity index (χ2n) is 1.98. The van der Waals surface area contributed by atoms with Gasteiger partial charge in [-0.25, -0.2) is 0 Å². The lowest BCUT2D eigenvalue weighted by Crippen LogP contribution is -1.99. The number of hydrogen-bond acceptors (Lipinski definition) is 3. The Kier molecular flexibility index (Phi) is 4.11. The van der Waals surface area contributed by atoms with Crippen molar-refractivity contribution in [1.29, 1.82) is 0 Å². The Hall–Kier alpha value is -1.19. The van der Waals surface area contributed by atoms with Crippen molar-refractivity contribution in [2.45, 2.75) is 20.3 Å². The molecule has 0 spiro atoms. The summed E-state index contributed by atoms with van der Waals surface area (Å²) in [7, 11) is 0. The van der Waals surface area contributed by atoms with Crippen LogP contribution in [0.4, 0.5) is 0 Å². The topological polar surface area (TPSA) is 67.8 Å². The summed E-state index contributed by atoms with van der Waals surface area (Å²) in [4.78, 5) is 10.5. The average molecular weight is 141 g/mol. The van der Waals surface area contributed by atoms with Crippen molar-refractivity contribution < 1.29 is 4.79 Å². The third-order valence-corrected chi connectivity index (χ3v) is 0.800. The van der Waals surface area contributed by atoms with Gasteiger partial charge >= 0.3 is 0 Å². The van der Waals surface area contributed by atoms with Gasteiger partial charge in [0.05, 0.1) is 0 Å². The van der Waals surface area contributed by atoms with E-state index in [9.17, 15) is 4.79 Å². The van der Waals surface area contributed by atoms with Gasteiger partial charge in [0, 0.05) is 12.1 Å². The molecule has 4 heteroatoms. The van der Waals surface area contributed by atoms with E-state index in [4.69, 9.17) is 5.73 Å². The zero-order chi connectivity index (χ0) is 7.98. The first-order valence-electron chi connectivity index (χ1n) is 2.93. The van der Waals surface area contributed by atoms with E-state index in [1.807, 2.05) is 0 Å². The summed E-state index contributed by atoms with van der Waals surface area (Å²) in [6, 6.07) is 0. The molecule has 56 valence electrons. The third-order valence-electron chi connectivity index (χ3n) is 0.800. The zero-order valence-corrected chi connectivity index (χ0v) is 6.16. The number of nitrogens with zero attached hydrogens (tertiary/aromatic N) is 2. The molecular formula is C6H11N3O. The van der Waals surface area contributed by atoms with Crippen molar-refractivity contribution >= 4 is 17.8 Å². The van der Waals surface area contributed by atoms with Crippen LogP contribution in [0.2, 0.25) is 0 Å². The minimum Gasteiger partial charge on any atom is -0.388 e.